The second-order valence-electron chi connectivity index (χ2n) is 7.70. The molecule has 1 fully saturated rings. The predicted molar refractivity (Wildman–Crippen MR) is 105 cm³/mol. The summed E-state index contributed by atoms with van der Waals surface area (Å²) in [6.45, 7) is 5.39. The molecular formula is C22H27NO5. The summed E-state index contributed by atoms with van der Waals surface area (Å²) < 4.78 is 6.41. The number of carboxylic acid groups (broad SMARTS) is 2. The van der Waals surface area contributed by atoms with E-state index in [9.17, 15) is 9.59 Å². The lowest BCUT2D eigenvalue weighted by Crippen LogP contribution is -2.42. The fourth-order valence-electron chi connectivity index (χ4n) is 4.53. The average Bonchev–Trinajstić information content (AvgIpc) is 3.19. The number of hydrogen-bond acceptors (Lipinski definition) is 4. The van der Waals surface area contributed by atoms with E-state index in [-0.39, 0.29) is 5.60 Å². The maximum absolute atomic E-state index is 9.55. The van der Waals surface area contributed by atoms with Gasteiger partial charge in [0.25, 0.3) is 0 Å². The van der Waals surface area contributed by atoms with Gasteiger partial charge in [0.1, 0.15) is 5.60 Å². The van der Waals surface area contributed by atoms with Crippen molar-refractivity contribution in [1.29, 1.82) is 0 Å². The van der Waals surface area contributed by atoms with Crippen LogP contribution in [0.25, 0.3) is 0 Å². The maximum atomic E-state index is 9.55. The summed E-state index contributed by atoms with van der Waals surface area (Å²) in [7, 11) is 2.23. The minimum absolute atomic E-state index is 0.0807. The minimum Gasteiger partial charge on any atom is -0.478 e. The zero-order valence-electron chi connectivity index (χ0n) is 16.4. The highest BCUT2D eigenvalue weighted by molar-refractivity contribution is 5.89. The smallest absolute Gasteiger partial charge is 0.328 e. The molecule has 2 N–H and O–H groups in total. The van der Waals surface area contributed by atoms with Crippen LogP contribution >= 0.6 is 0 Å². The molecule has 1 aliphatic carbocycles. The summed E-state index contributed by atoms with van der Waals surface area (Å²) in [6, 6.07) is 6.92. The fraction of sp³-hybridized carbons (Fsp3) is 0.455. The summed E-state index contributed by atoms with van der Waals surface area (Å²) in [5, 5.41) is 15.6. The van der Waals surface area contributed by atoms with E-state index in [4.69, 9.17) is 14.9 Å². The zero-order valence-corrected chi connectivity index (χ0v) is 16.4. The molecule has 0 amide bonds. The average molecular weight is 385 g/mol. The minimum atomic E-state index is -1.26. The highest BCUT2D eigenvalue weighted by Gasteiger charge is 2.51. The van der Waals surface area contributed by atoms with Crippen molar-refractivity contribution in [3.8, 4) is 0 Å². The highest BCUT2D eigenvalue weighted by atomic mass is 16.5. The summed E-state index contributed by atoms with van der Waals surface area (Å²) in [5.41, 5.74) is 5.76. The monoisotopic (exact) mass is 385 g/mol. The van der Waals surface area contributed by atoms with Gasteiger partial charge in [-0.2, -0.15) is 0 Å². The molecule has 3 aliphatic rings. The van der Waals surface area contributed by atoms with E-state index >= 15 is 0 Å². The molecule has 28 heavy (non-hydrogen) atoms. The van der Waals surface area contributed by atoms with Crippen molar-refractivity contribution in [1.82, 2.24) is 4.90 Å². The van der Waals surface area contributed by atoms with Gasteiger partial charge < -0.3 is 19.8 Å². The third kappa shape index (κ3) is 4.03. The molecule has 150 valence electrons. The molecular weight excluding hydrogens is 358 g/mol. The lowest BCUT2D eigenvalue weighted by atomic mass is 9.75. The molecule has 0 spiro atoms. The van der Waals surface area contributed by atoms with Crippen molar-refractivity contribution >= 4 is 11.9 Å². The first-order valence-corrected chi connectivity index (χ1v) is 9.59. The van der Waals surface area contributed by atoms with Crippen LogP contribution < -0.4 is 0 Å². The molecule has 0 aromatic heterocycles. The molecule has 0 radical (unpaired) electrons. The topological polar surface area (TPSA) is 87.1 Å². The Kier molecular flexibility index (Phi) is 6.01. The number of aliphatic carboxylic acids is 2. The van der Waals surface area contributed by atoms with E-state index in [0.717, 1.165) is 13.0 Å². The fourth-order valence-corrected chi connectivity index (χ4v) is 4.53. The molecule has 1 saturated heterocycles. The molecule has 1 aromatic carbocycles. The number of nitrogens with zero attached hydrogens (tertiary/aromatic N) is 1. The number of benzene rings is 1. The van der Waals surface area contributed by atoms with Gasteiger partial charge in [-0.15, -0.1) is 0 Å². The lowest BCUT2D eigenvalue weighted by molar-refractivity contribution is -0.134. The zero-order chi connectivity index (χ0) is 20.3. The van der Waals surface area contributed by atoms with E-state index < -0.39 is 11.9 Å². The van der Waals surface area contributed by atoms with Crippen LogP contribution in [0.4, 0.5) is 0 Å². The lowest BCUT2D eigenvalue weighted by Gasteiger charge is -2.41. The van der Waals surface area contributed by atoms with Gasteiger partial charge in [-0.25, -0.2) is 9.59 Å². The highest BCUT2D eigenvalue weighted by Crippen LogP contribution is 2.54. The van der Waals surface area contributed by atoms with Crippen LogP contribution in [0.3, 0.4) is 0 Å². The number of ether oxygens (including phenoxy) is 1. The van der Waals surface area contributed by atoms with Crippen molar-refractivity contribution in [3.63, 3.8) is 0 Å². The van der Waals surface area contributed by atoms with Crippen molar-refractivity contribution in [3.05, 3.63) is 58.7 Å². The van der Waals surface area contributed by atoms with E-state index in [2.05, 4.69) is 43.1 Å². The van der Waals surface area contributed by atoms with Crippen LogP contribution in [-0.2, 0) is 26.3 Å². The van der Waals surface area contributed by atoms with Crippen LogP contribution in [0.5, 0.6) is 0 Å². The Balaban J connectivity index is 0.000000242. The quantitative estimate of drug-likeness (QED) is 0.615. The summed E-state index contributed by atoms with van der Waals surface area (Å²) in [6.07, 6.45) is 7.06. The van der Waals surface area contributed by atoms with Crippen molar-refractivity contribution in [2.45, 2.75) is 31.8 Å². The van der Waals surface area contributed by atoms with Crippen molar-refractivity contribution in [2.75, 3.05) is 26.7 Å². The molecule has 2 heterocycles. The van der Waals surface area contributed by atoms with Gasteiger partial charge in [0.15, 0.2) is 0 Å². The second kappa shape index (κ2) is 8.29. The number of likely N-dealkylation sites (tertiary alicyclic amines) is 1. The Labute approximate surface area is 165 Å². The number of carboxylic acids is 2. The van der Waals surface area contributed by atoms with E-state index in [1.807, 2.05) is 0 Å². The Morgan fingerprint density at radius 1 is 1.18 bits per heavy atom. The van der Waals surface area contributed by atoms with Gasteiger partial charge in [-0.3, -0.25) is 0 Å². The van der Waals surface area contributed by atoms with Gasteiger partial charge in [0.05, 0.1) is 6.61 Å². The molecule has 1 atom stereocenters. The molecule has 0 bridgehead atoms. The van der Waals surface area contributed by atoms with Crippen LogP contribution in [0, 0.1) is 12.8 Å². The Bertz CT molecular complexity index is 804. The summed E-state index contributed by atoms with van der Waals surface area (Å²) >= 11 is 0. The van der Waals surface area contributed by atoms with Gasteiger partial charge in [-0.05, 0) is 68.9 Å². The van der Waals surface area contributed by atoms with Crippen molar-refractivity contribution in [2.24, 2.45) is 5.92 Å². The van der Waals surface area contributed by atoms with Crippen LogP contribution in [-0.4, -0.2) is 53.8 Å². The summed E-state index contributed by atoms with van der Waals surface area (Å²) in [4.78, 5) is 21.5. The molecule has 1 unspecified atom stereocenters. The second-order valence-corrected chi connectivity index (χ2v) is 7.70. The Morgan fingerprint density at radius 2 is 1.82 bits per heavy atom. The third-order valence-electron chi connectivity index (χ3n) is 5.83. The standard InChI is InChI=1S/C18H23NO.C4H4O4/c1-13-3-4-14-12-16-7-10-20-18(16,17(14)11-13)15-5-8-19(2)9-6-15;5-3(6)1-2-4(7)8/h3-4,7,11,15H,5-6,8-10,12H2,1-2H3;1-2H,(H,5,6)(H,7,8)/b;2-1+. The molecule has 2 aliphatic heterocycles. The first-order valence-electron chi connectivity index (χ1n) is 9.59. The van der Waals surface area contributed by atoms with Gasteiger partial charge in [0, 0.05) is 12.2 Å². The number of piperidine rings is 1. The normalized spacial score (nSPS) is 24.3. The number of carbonyl (C=O) groups is 2. The Hall–Kier alpha value is -2.44. The molecule has 0 saturated carbocycles. The molecule has 6 heteroatoms. The summed E-state index contributed by atoms with van der Waals surface area (Å²) in [5.74, 6) is -1.87. The van der Waals surface area contributed by atoms with Gasteiger partial charge in [-0.1, -0.05) is 29.8 Å². The number of rotatable bonds is 3. The number of aryl methyl sites for hydroxylation is 1. The number of hydrogen-bond donors (Lipinski definition) is 2. The van der Waals surface area contributed by atoms with E-state index in [0.29, 0.717) is 18.1 Å². The van der Waals surface area contributed by atoms with E-state index in [1.54, 1.807) is 0 Å². The van der Waals surface area contributed by atoms with Crippen LogP contribution in [0.1, 0.15) is 29.5 Å². The molecule has 6 nitrogen and oxygen atoms in total. The molecule has 1 aromatic rings. The first kappa shape index (κ1) is 20.3. The first-order chi connectivity index (χ1) is 13.3. The maximum Gasteiger partial charge on any atom is 0.328 e. The number of fused-ring (bicyclic) bond motifs is 3. The SMILES string of the molecule is Cc1ccc2c(c1)C1(C3CCN(C)CC3)OCC=C1C2.O=C(O)/C=C/C(=O)O. The van der Waals surface area contributed by atoms with Crippen molar-refractivity contribution < 1.29 is 24.5 Å². The third-order valence-corrected chi connectivity index (χ3v) is 5.83. The Morgan fingerprint density at radius 3 is 2.43 bits per heavy atom. The van der Waals surface area contributed by atoms with Crippen LogP contribution in [0.15, 0.2) is 42.0 Å². The largest absolute Gasteiger partial charge is 0.478 e. The van der Waals surface area contributed by atoms with E-state index in [1.165, 1.54) is 48.2 Å². The predicted octanol–water partition coefficient (Wildman–Crippen LogP) is 2.76. The molecule has 4 rings (SSSR count). The van der Waals surface area contributed by atoms with Gasteiger partial charge in [0.2, 0.25) is 0 Å². The van der Waals surface area contributed by atoms with Crippen LogP contribution in [0.2, 0.25) is 0 Å². The van der Waals surface area contributed by atoms with Gasteiger partial charge >= 0.3 is 11.9 Å².